The molecule has 1 heterocycles. The Morgan fingerprint density at radius 2 is 1.91 bits per heavy atom. The second kappa shape index (κ2) is 8.11. The minimum absolute atomic E-state index is 0. The summed E-state index contributed by atoms with van der Waals surface area (Å²) in [6.45, 7) is 2.34. The van der Waals surface area contributed by atoms with E-state index in [1.54, 1.807) is 0 Å². The fourth-order valence-electron chi connectivity index (χ4n) is 8.35. The molecule has 184 valence electrons. The van der Waals surface area contributed by atoms with Crippen molar-refractivity contribution in [1.82, 2.24) is 9.80 Å². The first-order chi connectivity index (χ1) is 16.5. The monoisotopic (exact) mass is 490 g/mol. The Hall–Kier alpha value is -2.30. The molecule has 7 rings (SSSR count). The first kappa shape index (κ1) is 23.1. The molecular formula is C30H35ClN2O2. The van der Waals surface area contributed by atoms with Crippen LogP contribution in [0.2, 0.25) is 0 Å². The molecular weight excluding hydrogens is 456 g/mol. The van der Waals surface area contributed by atoms with Crippen LogP contribution in [0.5, 0.6) is 5.75 Å². The minimum Gasteiger partial charge on any atom is -0.508 e. The SMILES string of the molecule is CN(C(=O)c1ccccc1)[C@H]1C[C@@]23CCN(CC4CC4)[C@H]4C=C[C@@H]1C[C@]42Cc1ccc(O)cc13.Cl. The number of hydrogen-bond donors (Lipinski definition) is 1. The predicted molar refractivity (Wildman–Crippen MR) is 140 cm³/mol. The van der Waals surface area contributed by atoms with E-state index < -0.39 is 0 Å². The van der Waals surface area contributed by atoms with Gasteiger partial charge in [0, 0.05) is 42.1 Å². The lowest BCUT2D eigenvalue weighted by molar-refractivity contribution is -0.0934. The number of amides is 1. The quantitative estimate of drug-likeness (QED) is 0.599. The molecule has 1 N–H and O–H groups in total. The van der Waals surface area contributed by atoms with Crippen LogP contribution in [-0.4, -0.2) is 53.0 Å². The third-order valence-electron chi connectivity index (χ3n) is 10.1. The van der Waals surface area contributed by atoms with Gasteiger partial charge in [0.15, 0.2) is 0 Å². The summed E-state index contributed by atoms with van der Waals surface area (Å²) in [7, 11) is 2.00. The van der Waals surface area contributed by atoms with Gasteiger partial charge < -0.3 is 10.0 Å². The highest BCUT2D eigenvalue weighted by molar-refractivity contribution is 5.94. The molecule has 0 unspecified atom stereocenters. The van der Waals surface area contributed by atoms with E-state index in [0.29, 0.717) is 17.7 Å². The maximum atomic E-state index is 13.5. The number of hydrogen-bond acceptors (Lipinski definition) is 3. The number of phenolic OH excluding ortho intramolecular Hbond substituents is 1. The number of piperidine rings is 1. The first-order valence-electron chi connectivity index (χ1n) is 13.1. The van der Waals surface area contributed by atoms with Gasteiger partial charge in [0.2, 0.25) is 0 Å². The van der Waals surface area contributed by atoms with E-state index in [9.17, 15) is 9.90 Å². The molecule has 1 amide bonds. The van der Waals surface area contributed by atoms with Crippen molar-refractivity contribution in [3.05, 3.63) is 77.4 Å². The molecule has 2 aromatic carbocycles. The molecule has 1 saturated heterocycles. The van der Waals surface area contributed by atoms with Gasteiger partial charge in [0.25, 0.3) is 5.91 Å². The number of phenols is 1. The van der Waals surface area contributed by atoms with E-state index in [-0.39, 0.29) is 35.2 Å². The van der Waals surface area contributed by atoms with Crippen molar-refractivity contribution in [2.75, 3.05) is 20.1 Å². The molecule has 2 bridgehead atoms. The largest absolute Gasteiger partial charge is 0.508 e. The predicted octanol–water partition coefficient (Wildman–Crippen LogP) is 5.20. The summed E-state index contributed by atoms with van der Waals surface area (Å²) in [4.78, 5) is 18.3. The number of nitrogens with zero attached hydrogens (tertiary/aromatic N) is 2. The van der Waals surface area contributed by atoms with E-state index in [4.69, 9.17) is 0 Å². The summed E-state index contributed by atoms with van der Waals surface area (Å²) >= 11 is 0. The Kier molecular flexibility index (Phi) is 5.36. The molecule has 2 aromatic rings. The van der Waals surface area contributed by atoms with E-state index in [1.165, 1.54) is 30.5 Å². The first-order valence-corrected chi connectivity index (χ1v) is 13.1. The topological polar surface area (TPSA) is 43.8 Å². The lowest BCUT2D eigenvalue weighted by atomic mass is 9.45. The van der Waals surface area contributed by atoms with Crippen molar-refractivity contribution < 1.29 is 9.90 Å². The summed E-state index contributed by atoms with van der Waals surface area (Å²) in [5.74, 6) is 1.76. The summed E-state index contributed by atoms with van der Waals surface area (Å²) in [5.41, 5.74) is 3.73. The summed E-state index contributed by atoms with van der Waals surface area (Å²) < 4.78 is 0. The molecule has 2 saturated carbocycles. The fraction of sp³-hybridized carbons (Fsp3) is 0.500. The van der Waals surface area contributed by atoms with E-state index in [1.807, 2.05) is 48.3 Å². The van der Waals surface area contributed by atoms with Crippen LogP contribution >= 0.6 is 12.4 Å². The maximum Gasteiger partial charge on any atom is 0.253 e. The molecule has 5 aliphatic rings. The number of rotatable bonds is 4. The van der Waals surface area contributed by atoms with Gasteiger partial charge in [0.05, 0.1) is 0 Å². The average Bonchev–Trinajstić information content (AvgIpc) is 3.64. The van der Waals surface area contributed by atoms with Gasteiger partial charge in [-0.2, -0.15) is 0 Å². The Bertz CT molecular complexity index is 1180. The number of carbonyl (C=O) groups is 1. The van der Waals surface area contributed by atoms with E-state index in [0.717, 1.165) is 43.7 Å². The number of halogens is 1. The lowest BCUT2D eigenvalue weighted by Gasteiger charge is -2.65. The van der Waals surface area contributed by atoms with Crippen LogP contribution in [0, 0.1) is 17.3 Å². The Morgan fingerprint density at radius 3 is 2.69 bits per heavy atom. The van der Waals surface area contributed by atoms with Crippen molar-refractivity contribution in [3.8, 4) is 5.75 Å². The Balaban J connectivity index is 0.00000229. The number of likely N-dealkylation sites (tertiary alicyclic amines) is 1. The van der Waals surface area contributed by atoms with Crippen LogP contribution in [0.1, 0.15) is 53.6 Å². The zero-order valence-electron chi connectivity index (χ0n) is 20.4. The molecule has 0 radical (unpaired) electrons. The van der Waals surface area contributed by atoms with Crippen molar-refractivity contribution in [3.63, 3.8) is 0 Å². The Morgan fingerprint density at radius 1 is 1.11 bits per heavy atom. The molecule has 3 fully saturated rings. The molecule has 35 heavy (non-hydrogen) atoms. The molecule has 1 aliphatic heterocycles. The highest BCUT2D eigenvalue weighted by Gasteiger charge is 2.68. The standard InChI is InChI=1S/C30H34N2O2.ClH/c1-31(28(34)21-5-3-2-4-6-21)26-18-29-13-14-32(19-20-7-8-20)27-12-10-23(26)17-30(27,29)16-22-9-11-24(33)15-25(22)29;/h2-6,9-12,15,20,23,26-27,33H,7-8,13-14,16-19H2,1H3;1H/t23-,26+,27+,29-,30-;/m1./s1. The van der Waals surface area contributed by atoms with Gasteiger partial charge in [0.1, 0.15) is 5.75 Å². The summed E-state index contributed by atoms with van der Waals surface area (Å²) in [6, 6.07) is 16.4. The van der Waals surface area contributed by atoms with Crippen molar-refractivity contribution in [1.29, 1.82) is 0 Å². The van der Waals surface area contributed by atoms with E-state index >= 15 is 0 Å². The lowest BCUT2D eigenvalue weighted by Crippen LogP contribution is -2.68. The zero-order chi connectivity index (χ0) is 23.1. The minimum atomic E-state index is 0. The number of carbonyl (C=O) groups excluding carboxylic acids is 1. The molecule has 5 heteroatoms. The summed E-state index contributed by atoms with van der Waals surface area (Å²) in [6.07, 6.45) is 12.1. The van der Waals surface area contributed by atoms with Crippen LogP contribution in [0.15, 0.2) is 60.7 Å². The molecule has 5 atom stereocenters. The normalized spacial score (nSPS) is 34.5. The van der Waals surface area contributed by atoms with Gasteiger partial charge in [-0.25, -0.2) is 0 Å². The van der Waals surface area contributed by atoms with E-state index in [2.05, 4.69) is 29.2 Å². The Labute approximate surface area is 214 Å². The van der Waals surface area contributed by atoms with Crippen LogP contribution in [-0.2, 0) is 11.8 Å². The van der Waals surface area contributed by atoms with Crippen LogP contribution in [0.4, 0.5) is 0 Å². The van der Waals surface area contributed by atoms with Gasteiger partial charge >= 0.3 is 0 Å². The number of aromatic hydroxyl groups is 1. The average molecular weight is 491 g/mol. The highest BCUT2D eigenvalue weighted by Crippen LogP contribution is 2.68. The summed E-state index contributed by atoms with van der Waals surface area (Å²) in [5, 5.41) is 10.5. The van der Waals surface area contributed by atoms with Crippen LogP contribution in [0.25, 0.3) is 0 Å². The van der Waals surface area contributed by atoms with Crippen molar-refractivity contribution >= 4 is 18.3 Å². The molecule has 1 spiro atoms. The smallest absolute Gasteiger partial charge is 0.253 e. The molecule has 0 aromatic heterocycles. The molecule has 4 aliphatic carbocycles. The fourth-order valence-corrected chi connectivity index (χ4v) is 8.35. The van der Waals surface area contributed by atoms with Gasteiger partial charge in [-0.05, 0) is 92.3 Å². The molecule has 4 nitrogen and oxygen atoms in total. The second-order valence-corrected chi connectivity index (χ2v) is 11.7. The van der Waals surface area contributed by atoms with Crippen molar-refractivity contribution in [2.24, 2.45) is 17.3 Å². The van der Waals surface area contributed by atoms with Crippen molar-refractivity contribution in [2.45, 2.75) is 56.0 Å². The third-order valence-corrected chi connectivity index (χ3v) is 10.1. The van der Waals surface area contributed by atoms with Crippen LogP contribution < -0.4 is 0 Å². The number of fused-ring (bicyclic) bond motifs is 2. The van der Waals surface area contributed by atoms with Gasteiger partial charge in [-0.3, -0.25) is 9.69 Å². The number of benzene rings is 2. The van der Waals surface area contributed by atoms with Gasteiger partial charge in [-0.15, -0.1) is 12.4 Å². The second-order valence-electron chi connectivity index (χ2n) is 11.7. The zero-order valence-corrected chi connectivity index (χ0v) is 21.2. The highest BCUT2D eigenvalue weighted by atomic mass is 35.5. The maximum absolute atomic E-state index is 13.5. The van der Waals surface area contributed by atoms with Gasteiger partial charge in [-0.1, -0.05) is 36.4 Å². The third kappa shape index (κ3) is 3.25. The van der Waals surface area contributed by atoms with Crippen LogP contribution in [0.3, 0.4) is 0 Å².